The third-order valence-electron chi connectivity index (χ3n) is 4.19. The van der Waals surface area contributed by atoms with Crippen LogP contribution in [0.15, 0.2) is 22.6 Å². The molecule has 0 atom stereocenters. The van der Waals surface area contributed by atoms with Crippen molar-refractivity contribution in [2.45, 2.75) is 20.5 Å². The highest BCUT2D eigenvalue weighted by Gasteiger charge is 2.18. The SMILES string of the molecule is C#CCN1CCN(Cn2nc(-c3cc(C)cc(C)c3)oc2=S)CC1. The number of aromatic nitrogens is 2. The third-order valence-corrected chi connectivity index (χ3v) is 4.48. The molecule has 0 amide bonds. The van der Waals surface area contributed by atoms with Crippen molar-refractivity contribution in [1.82, 2.24) is 19.6 Å². The molecular weight excluding hydrogens is 320 g/mol. The lowest BCUT2D eigenvalue weighted by atomic mass is 10.1. The molecule has 5 nitrogen and oxygen atoms in total. The molecule has 2 aromatic rings. The largest absolute Gasteiger partial charge is 0.409 e. The minimum Gasteiger partial charge on any atom is -0.409 e. The Labute approximate surface area is 147 Å². The molecule has 1 aromatic heterocycles. The van der Waals surface area contributed by atoms with E-state index in [9.17, 15) is 0 Å². The molecule has 0 N–H and O–H groups in total. The lowest BCUT2D eigenvalue weighted by Gasteiger charge is -2.33. The van der Waals surface area contributed by atoms with E-state index in [0.29, 0.717) is 23.9 Å². The highest BCUT2D eigenvalue weighted by atomic mass is 32.1. The van der Waals surface area contributed by atoms with Crippen LogP contribution >= 0.6 is 12.2 Å². The van der Waals surface area contributed by atoms with Gasteiger partial charge in [-0.3, -0.25) is 9.80 Å². The van der Waals surface area contributed by atoms with Crippen LogP contribution in [-0.2, 0) is 6.67 Å². The first-order valence-corrected chi connectivity index (χ1v) is 8.51. The summed E-state index contributed by atoms with van der Waals surface area (Å²) < 4.78 is 7.48. The number of aryl methyl sites for hydroxylation is 2. The molecule has 1 aliphatic heterocycles. The molecule has 1 fully saturated rings. The standard InChI is InChI=1S/C18H22N4OS/c1-4-5-20-6-8-21(9-7-20)13-22-18(24)23-17(19-22)16-11-14(2)10-15(3)12-16/h1,10-12H,5-9,13H2,2-3H3. The van der Waals surface area contributed by atoms with Crippen LogP contribution < -0.4 is 0 Å². The van der Waals surface area contributed by atoms with Gasteiger partial charge in [0.05, 0.1) is 13.2 Å². The van der Waals surface area contributed by atoms with E-state index in [1.165, 1.54) is 11.1 Å². The first kappa shape index (κ1) is 16.9. The molecule has 2 heterocycles. The summed E-state index contributed by atoms with van der Waals surface area (Å²) in [6, 6.07) is 6.26. The summed E-state index contributed by atoms with van der Waals surface area (Å²) in [5.74, 6) is 3.28. The molecule has 24 heavy (non-hydrogen) atoms. The fourth-order valence-electron chi connectivity index (χ4n) is 3.02. The summed E-state index contributed by atoms with van der Waals surface area (Å²) in [6.07, 6.45) is 5.37. The first-order chi connectivity index (χ1) is 11.5. The van der Waals surface area contributed by atoms with E-state index >= 15 is 0 Å². The maximum atomic E-state index is 5.71. The molecule has 3 rings (SSSR count). The van der Waals surface area contributed by atoms with E-state index in [-0.39, 0.29) is 0 Å². The second-order valence-electron chi connectivity index (χ2n) is 6.29. The van der Waals surface area contributed by atoms with Crippen molar-refractivity contribution in [1.29, 1.82) is 0 Å². The number of hydrogen-bond donors (Lipinski definition) is 0. The summed E-state index contributed by atoms with van der Waals surface area (Å²) >= 11 is 5.34. The Morgan fingerprint density at radius 2 is 1.75 bits per heavy atom. The Bertz CT molecular complexity index is 789. The first-order valence-electron chi connectivity index (χ1n) is 8.10. The van der Waals surface area contributed by atoms with Gasteiger partial charge in [-0.25, -0.2) is 4.68 Å². The fraction of sp³-hybridized carbons (Fsp3) is 0.444. The second kappa shape index (κ2) is 7.31. The van der Waals surface area contributed by atoms with E-state index in [1.54, 1.807) is 4.68 Å². The van der Waals surface area contributed by atoms with Crippen LogP contribution in [0.2, 0.25) is 0 Å². The van der Waals surface area contributed by atoms with Crippen molar-refractivity contribution in [2.75, 3.05) is 32.7 Å². The molecule has 6 heteroatoms. The number of terminal acetylenes is 1. The average Bonchev–Trinajstić information content (AvgIpc) is 2.90. The van der Waals surface area contributed by atoms with Crippen LogP contribution in [-0.4, -0.2) is 52.3 Å². The van der Waals surface area contributed by atoms with Gasteiger partial charge in [-0.1, -0.05) is 23.1 Å². The van der Waals surface area contributed by atoms with Crippen molar-refractivity contribution < 1.29 is 4.42 Å². The Morgan fingerprint density at radius 1 is 1.12 bits per heavy atom. The summed E-state index contributed by atoms with van der Waals surface area (Å²) in [5.41, 5.74) is 3.34. The lowest BCUT2D eigenvalue weighted by Crippen LogP contribution is -2.46. The van der Waals surface area contributed by atoms with E-state index in [1.807, 2.05) is 0 Å². The van der Waals surface area contributed by atoms with Gasteiger partial charge < -0.3 is 4.42 Å². The highest BCUT2D eigenvalue weighted by molar-refractivity contribution is 7.71. The monoisotopic (exact) mass is 342 g/mol. The van der Waals surface area contributed by atoms with E-state index < -0.39 is 0 Å². The second-order valence-corrected chi connectivity index (χ2v) is 6.64. The number of piperazine rings is 1. The molecule has 0 radical (unpaired) electrons. The molecule has 0 spiro atoms. The molecular formula is C18H22N4OS. The van der Waals surface area contributed by atoms with E-state index in [2.05, 4.69) is 52.9 Å². The molecule has 126 valence electrons. The average molecular weight is 342 g/mol. The van der Waals surface area contributed by atoms with Gasteiger partial charge in [0, 0.05) is 31.7 Å². The van der Waals surface area contributed by atoms with Crippen molar-refractivity contribution in [2.24, 2.45) is 0 Å². The number of benzene rings is 1. The molecule has 0 aliphatic carbocycles. The van der Waals surface area contributed by atoms with Gasteiger partial charge in [0.25, 0.3) is 4.84 Å². The van der Waals surface area contributed by atoms with Crippen LogP contribution in [0.1, 0.15) is 11.1 Å². The minimum absolute atomic E-state index is 0.412. The van der Waals surface area contributed by atoms with E-state index in [4.69, 9.17) is 23.1 Å². The fourth-order valence-corrected chi connectivity index (χ4v) is 3.20. The topological polar surface area (TPSA) is 37.4 Å². The van der Waals surface area contributed by atoms with Crippen molar-refractivity contribution in [3.05, 3.63) is 34.2 Å². The Balaban J connectivity index is 1.71. The summed E-state index contributed by atoms with van der Waals surface area (Å²) in [6.45, 7) is 9.35. The third kappa shape index (κ3) is 3.93. The predicted octanol–water partition coefficient (Wildman–Crippen LogP) is 2.70. The minimum atomic E-state index is 0.412. The van der Waals surface area contributed by atoms with Crippen LogP contribution in [0.5, 0.6) is 0 Å². The Kier molecular flexibility index (Phi) is 5.14. The number of hydrogen-bond acceptors (Lipinski definition) is 5. The van der Waals surface area contributed by atoms with Crippen LogP contribution in [0.3, 0.4) is 0 Å². The van der Waals surface area contributed by atoms with Gasteiger partial charge in [-0.15, -0.1) is 11.5 Å². The maximum Gasteiger partial charge on any atom is 0.288 e. The zero-order valence-corrected chi connectivity index (χ0v) is 15.0. The van der Waals surface area contributed by atoms with Gasteiger partial charge in [0.2, 0.25) is 5.89 Å². The van der Waals surface area contributed by atoms with Crippen LogP contribution in [0, 0.1) is 31.0 Å². The highest BCUT2D eigenvalue weighted by Crippen LogP contribution is 2.21. The molecule has 1 aliphatic rings. The van der Waals surface area contributed by atoms with E-state index in [0.717, 1.165) is 31.7 Å². The Morgan fingerprint density at radius 3 is 2.38 bits per heavy atom. The number of nitrogens with zero attached hydrogens (tertiary/aromatic N) is 4. The molecule has 0 bridgehead atoms. The quantitative estimate of drug-likeness (QED) is 0.631. The van der Waals surface area contributed by atoms with Gasteiger partial charge in [-0.2, -0.15) is 0 Å². The van der Waals surface area contributed by atoms with Gasteiger partial charge in [0.1, 0.15) is 0 Å². The zero-order chi connectivity index (χ0) is 17.1. The van der Waals surface area contributed by atoms with Crippen molar-refractivity contribution in [3.8, 4) is 23.8 Å². The van der Waals surface area contributed by atoms with Crippen LogP contribution in [0.25, 0.3) is 11.5 Å². The van der Waals surface area contributed by atoms with Gasteiger partial charge in [0.15, 0.2) is 0 Å². The predicted molar refractivity (Wildman–Crippen MR) is 97.1 cm³/mol. The molecule has 1 aromatic carbocycles. The van der Waals surface area contributed by atoms with Gasteiger partial charge >= 0.3 is 0 Å². The maximum absolute atomic E-state index is 5.71. The zero-order valence-electron chi connectivity index (χ0n) is 14.2. The Hall–Kier alpha value is -1.94. The van der Waals surface area contributed by atoms with Crippen molar-refractivity contribution >= 4 is 12.2 Å². The molecule has 0 saturated carbocycles. The van der Waals surface area contributed by atoms with Crippen LogP contribution in [0.4, 0.5) is 0 Å². The summed E-state index contributed by atoms with van der Waals surface area (Å²) in [5, 5.41) is 4.57. The smallest absolute Gasteiger partial charge is 0.288 e. The van der Waals surface area contributed by atoms with Crippen molar-refractivity contribution in [3.63, 3.8) is 0 Å². The lowest BCUT2D eigenvalue weighted by molar-refractivity contribution is 0.110. The van der Waals surface area contributed by atoms with Gasteiger partial charge in [-0.05, 0) is 38.2 Å². The summed E-state index contributed by atoms with van der Waals surface area (Å²) in [7, 11) is 0. The summed E-state index contributed by atoms with van der Waals surface area (Å²) in [4.78, 5) is 5.01. The normalized spacial score (nSPS) is 16.2. The number of rotatable bonds is 4. The molecule has 0 unspecified atom stereocenters. The molecule has 1 saturated heterocycles.